The molecule has 1 aromatic heterocycles. The number of hydrogen-bond donors (Lipinski definition) is 1. The molecule has 0 unspecified atom stereocenters. The van der Waals surface area contributed by atoms with Crippen LogP contribution in [-0.2, 0) is 13.0 Å². The summed E-state index contributed by atoms with van der Waals surface area (Å²) in [6.45, 7) is 3.99. The molecule has 1 amide bonds. The maximum atomic E-state index is 12.5. The summed E-state index contributed by atoms with van der Waals surface area (Å²) >= 11 is 1.81. The minimum atomic E-state index is 0.207. The van der Waals surface area contributed by atoms with Crippen LogP contribution < -0.4 is 0 Å². The fourth-order valence-electron chi connectivity index (χ4n) is 5.24. The van der Waals surface area contributed by atoms with Crippen LogP contribution in [-0.4, -0.2) is 52.6 Å². The van der Waals surface area contributed by atoms with Crippen LogP contribution in [0.2, 0.25) is 0 Å². The van der Waals surface area contributed by atoms with E-state index in [-0.39, 0.29) is 5.91 Å². The van der Waals surface area contributed by atoms with Crippen LogP contribution in [0, 0.1) is 0 Å². The first-order chi connectivity index (χ1) is 15.2. The van der Waals surface area contributed by atoms with Crippen molar-refractivity contribution in [3.63, 3.8) is 0 Å². The summed E-state index contributed by atoms with van der Waals surface area (Å²) < 4.78 is 0. The van der Waals surface area contributed by atoms with Gasteiger partial charge in [-0.25, -0.2) is 0 Å². The second-order valence-corrected chi connectivity index (χ2v) is 9.73. The number of unbranched alkanes of at least 4 members (excludes halogenated alkanes) is 1. The molecular formula is C26H31N3OS. The Morgan fingerprint density at radius 3 is 2.87 bits per heavy atom. The summed E-state index contributed by atoms with van der Waals surface area (Å²) in [7, 11) is 0. The van der Waals surface area contributed by atoms with Gasteiger partial charge in [0.05, 0.1) is 0 Å². The standard InChI is InChI=1S/C26H31N3OS/c1-31-22-10-11-25-24(16-22)20(17-27-25)15-21-8-6-14-28(21)12-4-5-13-29-18-19-7-2-3-9-23(19)26(29)30/h2-3,7,9-11,16-17,21,27H,4-6,8,12-15,18H2,1H3/t21-/m1/s1. The van der Waals surface area contributed by atoms with Gasteiger partial charge in [-0.15, -0.1) is 11.8 Å². The highest BCUT2D eigenvalue weighted by Gasteiger charge is 2.27. The van der Waals surface area contributed by atoms with Gasteiger partial charge in [0.1, 0.15) is 0 Å². The first kappa shape index (κ1) is 20.7. The molecule has 2 aliphatic rings. The number of benzene rings is 2. The van der Waals surface area contributed by atoms with Crippen molar-refractivity contribution < 1.29 is 4.79 Å². The minimum Gasteiger partial charge on any atom is -0.361 e. The Morgan fingerprint density at radius 2 is 2.00 bits per heavy atom. The van der Waals surface area contributed by atoms with Crippen molar-refractivity contribution in [1.29, 1.82) is 0 Å². The van der Waals surface area contributed by atoms with Crippen LogP contribution in [0.1, 0.15) is 47.2 Å². The SMILES string of the molecule is CSc1ccc2[nH]cc(C[C@H]3CCCN3CCCCN3Cc4ccccc4C3=O)c2c1. The molecule has 5 rings (SSSR count). The normalized spacial score (nSPS) is 18.9. The average Bonchev–Trinajstić information content (AvgIpc) is 3.50. The summed E-state index contributed by atoms with van der Waals surface area (Å²) in [4.78, 5) is 22.0. The number of nitrogens with one attached hydrogen (secondary N) is 1. The molecule has 162 valence electrons. The van der Waals surface area contributed by atoms with Crippen molar-refractivity contribution in [3.8, 4) is 0 Å². The molecule has 0 aliphatic carbocycles. The first-order valence-electron chi connectivity index (χ1n) is 11.5. The Hall–Kier alpha value is -2.24. The molecule has 2 aliphatic heterocycles. The van der Waals surface area contributed by atoms with Crippen LogP contribution in [0.15, 0.2) is 53.6 Å². The third kappa shape index (κ3) is 4.26. The van der Waals surface area contributed by atoms with Gasteiger partial charge in [-0.2, -0.15) is 0 Å². The zero-order valence-electron chi connectivity index (χ0n) is 18.3. The fourth-order valence-corrected chi connectivity index (χ4v) is 5.68. The number of fused-ring (bicyclic) bond motifs is 2. The number of aromatic nitrogens is 1. The van der Waals surface area contributed by atoms with E-state index >= 15 is 0 Å². The number of amides is 1. The molecule has 1 saturated heterocycles. The Bertz CT molecular complexity index is 1080. The summed E-state index contributed by atoms with van der Waals surface area (Å²) in [6.07, 6.45) is 10.3. The zero-order valence-corrected chi connectivity index (χ0v) is 19.1. The van der Waals surface area contributed by atoms with E-state index in [2.05, 4.69) is 46.6 Å². The third-order valence-electron chi connectivity index (χ3n) is 6.95. The molecule has 5 heteroatoms. The number of carbonyl (C=O) groups excluding carboxylic acids is 1. The van der Waals surface area contributed by atoms with E-state index in [1.807, 2.05) is 23.1 Å². The predicted octanol–water partition coefficient (Wildman–Crippen LogP) is 5.33. The van der Waals surface area contributed by atoms with Gasteiger partial charge < -0.3 is 14.8 Å². The summed E-state index contributed by atoms with van der Waals surface area (Å²) in [5.41, 5.74) is 4.76. The van der Waals surface area contributed by atoms with Crippen molar-refractivity contribution in [2.75, 3.05) is 25.9 Å². The van der Waals surface area contributed by atoms with E-state index in [9.17, 15) is 4.79 Å². The second-order valence-electron chi connectivity index (χ2n) is 8.85. The lowest BCUT2D eigenvalue weighted by atomic mass is 10.0. The Balaban J connectivity index is 1.14. The minimum absolute atomic E-state index is 0.207. The molecule has 1 atom stereocenters. The topological polar surface area (TPSA) is 39.3 Å². The number of aromatic amines is 1. The van der Waals surface area contributed by atoms with Crippen molar-refractivity contribution in [2.45, 2.75) is 49.6 Å². The van der Waals surface area contributed by atoms with Gasteiger partial charge in [0.25, 0.3) is 5.91 Å². The molecule has 0 spiro atoms. The van der Waals surface area contributed by atoms with Gasteiger partial charge in [0.2, 0.25) is 0 Å². The highest BCUT2D eigenvalue weighted by atomic mass is 32.2. The molecule has 0 saturated carbocycles. The maximum Gasteiger partial charge on any atom is 0.254 e. The molecule has 3 aromatic rings. The Kier molecular flexibility index (Phi) is 6.06. The van der Waals surface area contributed by atoms with Crippen molar-refractivity contribution in [3.05, 3.63) is 65.4 Å². The Labute approximate surface area is 189 Å². The summed E-state index contributed by atoms with van der Waals surface area (Å²) in [6, 6.07) is 15.4. The predicted molar refractivity (Wildman–Crippen MR) is 129 cm³/mol. The van der Waals surface area contributed by atoms with Gasteiger partial charge in [0, 0.05) is 46.7 Å². The van der Waals surface area contributed by atoms with Crippen LogP contribution in [0.5, 0.6) is 0 Å². The van der Waals surface area contributed by atoms with E-state index < -0.39 is 0 Å². The number of likely N-dealkylation sites (tertiary alicyclic amines) is 1. The monoisotopic (exact) mass is 433 g/mol. The number of nitrogens with zero attached hydrogens (tertiary/aromatic N) is 2. The van der Waals surface area contributed by atoms with E-state index in [0.29, 0.717) is 6.04 Å². The molecule has 1 N–H and O–H groups in total. The van der Waals surface area contributed by atoms with E-state index in [1.54, 1.807) is 11.8 Å². The van der Waals surface area contributed by atoms with Gasteiger partial charge in [-0.3, -0.25) is 4.79 Å². The maximum absolute atomic E-state index is 12.5. The molecule has 3 heterocycles. The smallest absolute Gasteiger partial charge is 0.254 e. The van der Waals surface area contributed by atoms with Gasteiger partial charge in [-0.1, -0.05) is 18.2 Å². The van der Waals surface area contributed by atoms with Crippen molar-refractivity contribution >= 4 is 28.6 Å². The van der Waals surface area contributed by atoms with E-state index in [4.69, 9.17) is 0 Å². The molecule has 1 fully saturated rings. The van der Waals surface area contributed by atoms with Crippen LogP contribution in [0.4, 0.5) is 0 Å². The third-order valence-corrected chi connectivity index (χ3v) is 7.67. The van der Waals surface area contributed by atoms with Crippen LogP contribution in [0.25, 0.3) is 10.9 Å². The number of hydrogen-bond acceptors (Lipinski definition) is 3. The number of carbonyl (C=O) groups is 1. The van der Waals surface area contributed by atoms with Crippen molar-refractivity contribution in [2.24, 2.45) is 0 Å². The van der Waals surface area contributed by atoms with Crippen LogP contribution in [0.3, 0.4) is 0 Å². The zero-order chi connectivity index (χ0) is 21.2. The van der Waals surface area contributed by atoms with Gasteiger partial charge in [0.15, 0.2) is 0 Å². The molecule has 0 radical (unpaired) electrons. The summed E-state index contributed by atoms with van der Waals surface area (Å²) in [5, 5.41) is 1.38. The average molecular weight is 434 g/mol. The van der Waals surface area contributed by atoms with E-state index in [0.717, 1.165) is 44.5 Å². The fraction of sp³-hybridized carbons (Fsp3) is 0.423. The van der Waals surface area contributed by atoms with Gasteiger partial charge >= 0.3 is 0 Å². The van der Waals surface area contributed by atoms with Gasteiger partial charge in [-0.05, 0) is 86.8 Å². The lowest BCUT2D eigenvalue weighted by molar-refractivity contribution is 0.0774. The molecule has 2 aromatic carbocycles. The molecule has 0 bridgehead atoms. The number of rotatable bonds is 8. The summed E-state index contributed by atoms with van der Waals surface area (Å²) in [5.74, 6) is 0.207. The number of thioether (sulfide) groups is 1. The lowest BCUT2D eigenvalue weighted by Crippen LogP contribution is -2.32. The van der Waals surface area contributed by atoms with Crippen LogP contribution >= 0.6 is 11.8 Å². The highest BCUT2D eigenvalue weighted by molar-refractivity contribution is 7.98. The number of H-pyrrole nitrogens is 1. The molecule has 4 nitrogen and oxygen atoms in total. The lowest BCUT2D eigenvalue weighted by Gasteiger charge is -2.25. The second kappa shape index (κ2) is 9.09. The van der Waals surface area contributed by atoms with Crippen molar-refractivity contribution in [1.82, 2.24) is 14.8 Å². The largest absolute Gasteiger partial charge is 0.361 e. The molecule has 31 heavy (non-hydrogen) atoms. The first-order valence-corrected chi connectivity index (χ1v) is 12.7. The van der Waals surface area contributed by atoms with E-state index in [1.165, 1.54) is 46.3 Å². The molecular weight excluding hydrogens is 402 g/mol. The quantitative estimate of drug-likeness (QED) is 0.385. The highest BCUT2D eigenvalue weighted by Crippen LogP contribution is 2.29. The Morgan fingerprint density at radius 1 is 1.13 bits per heavy atom.